The van der Waals surface area contributed by atoms with Gasteiger partial charge in [-0.05, 0) is 30.4 Å². The van der Waals surface area contributed by atoms with Crippen molar-refractivity contribution in [2.45, 2.75) is 33.6 Å². The van der Waals surface area contributed by atoms with E-state index in [0.29, 0.717) is 18.5 Å². The lowest BCUT2D eigenvalue weighted by atomic mass is 9.65. The van der Waals surface area contributed by atoms with E-state index >= 15 is 0 Å². The van der Waals surface area contributed by atoms with E-state index in [9.17, 15) is 19.5 Å². The fraction of sp³-hybridized carbons (Fsp3) is 0.500. The molecule has 0 bridgehead atoms. The third-order valence-corrected chi connectivity index (χ3v) is 5.58. The van der Waals surface area contributed by atoms with Gasteiger partial charge in [0.2, 0.25) is 5.91 Å². The topological polar surface area (TPSA) is 95.5 Å². The number of amides is 1. The molecule has 24 heavy (non-hydrogen) atoms. The number of anilines is 1. The van der Waals surface area contributed by atoms with Crippen LogP contribution in [-0.2, 0) is 14.3 Å². The number of nitrogens with one attached hydrogen (secondary N) is 1. The minimum Gasteiger partial charge on any atom is -0.550 e. The first-order valence-electron chi connectivity index (χ1n) is 7.85. The zero-order valence-corrected chi connectivity index (χ0v) is 14.3. The van der Waals surface area contributed by atoms with E-state index in [1.807, 2.05) is 0 Å². The lowest BCUT2D eigenvalue weighted by molar-refractivity contribution is -0.323. The van der Waals surface area contributed by atoms with Gasteiger partial charge in [-0.15, -0.1) is 0 Å². The highest BCUT2D eigenvalue weighted by Gasteiger charge is 2.54. The Morgan fingerprint density at radius 3 is 2.38 bits per heavy atom. The van der Waals surface area contributed by atoms with Gasteiger partial charge in [-0.3, -0.25) is 4.79 Å². The number of esters is 1. The number of carbonyl (C=O) groups excluding carboxylic acids is 3. The molecule has 1 aliphatic carbocycles. The van der Waals surface area contributed by atoms with Crippen LogP contribution in [-0.4, -0.2) is 25.0 Å². The molecule has 6 nitrogen and oxygen atoms in total. The molecule has 0 radical (unpaired) electrons. The van der Waals surface area contributed by atoms with Gasteiger partial charge in [0, 0.05) is 17.3 Å². The third kappa shape index (κ3) is 2.77. The molecule has 1 fully saturated rings. The maximum absolute atomic E-state index is 12.7. The number of ether oxygens (including phenoxy) is 1. The summed E-state index contributed by atoms with van der Waals surface area (Å²) in [5, 5.41) is 14.3. The Balaban J connectivity index is 2.26. The van der Waals surface area contributed by atoms with E-state index in [-0.39, 0.29) is 11.5 Å². The van der Waals surface area contributed by atoms with Crippen molar-refractivity contribution in [1.82, 2.24) is 0 Å². The van der Waals surface area contributed by atoms with Crippen molar-refractivity contribution in [1.29, 1.82) is 0 Å². The van der Waals surface area contributed by atoms with E-state index in [1.54, 1.807) is 45.0 Å². The first-order chi connectivity index (χ1) is 11.1. The Morgan fingerprint density at radius 2 is 1.83 bits per heavy atom. The Labute approximate surface area is 141 Å². The molecule has 0 unspecified atom stereocenters. The normalized spacial score (nSPS) is 25.1. The number of hydrogen-bond acceptors (Lipinski definition) is 5. The van der Waals surface area contributed by atoms with Gasteiger partial charge in [0.15, 0.2) is 0 Å². The molecule has 1 aromatic rings. The van der Waals surface area contributed by atoms with Crippen LogP contribution in [0.15, 0.2) is 24.3 Å². The molecule has 1 N–H and O–H groups in total. The van der Waals surface area contributed by atoms with Crippen molar-refractivity contribution >= 4 is 23.5 Å². The maximum Gasteiger partial charge on any atom is 0.339 e. The molecule has 0 spiro atoms. The van der Waals surface area contributed by atoms with Gasteiger partial charge < -0.3 is 20.0 Å². The van der Waals surface area contributed by atoms with Crippen LogP contribution in [0.2, 0.25) is 0 Å². The average molecular weight is 332 g/mol. The number of benzene rings is 1. The molecule has 2 atom stereocenters. The summed E-state index contributed by atoms with van der Waals surface area (Å²) in [6.45, 7) is 5.16. The summed E-state index contributed by atoms with van der Waals surface area (Å²) >= 11 is 0. The molecule has 1 aliphatic rings. The van der Waals surface area contributed by atoms with E-state index in [1.165, 1.54) is 7.11 Å². The molecule has 130 valence electrons. The van der Waals surface area contributed by atoms with E-state index < -0.39 is 28.7 Å². The zero-order chi connectivity index (χ0) is 18.1. The molecule has 1 amide bonds. The SMILES string of the molecule is COC(=O)c1ccccc1NC(=O)[C@H]1CC[C@@](C)(C(=O)[O-])C1(C)C. The van der Waals surface area contributed by atoms with Gasteiger partial charge in [-0.25, -0.2) is 4.79 Å². The highest BCUT2D eigenvalue weighted by molar-refractivity contribution is 6.02. The first kappa shape index (κ1) is 18.0. The minimum absolute atomic E-state index is 0.256. The average Bonchev–Trinajstić information content (AvgIpc) is 2.78. The highest BCUT2D eigenvalue weighted by atomic mass is 16.5. The summed E-state index contributed by atoms with van der Waals surface area (Å²) in [7, 11) is 1.27. The van der Waals surface area contributed by atoms with E-state index in [2.05, 4.69) is 5.32 Å². The van der Waals surface area contributed by atoms with Gasteiger partial charge in [-0.2, -0.15) is 0 Å². The van der Waals surface area contributed by atoms with Gasteiger partial charge in [0.05, 0.1) is 18.4 Å². The predicted molar refractivity (Wildman–Crippen MR) is 86.0 cm³/mol. The number of aliphatic carboxylic acids is 1. The van der Waals surface area contributed by atoms with Gasteiger partial charge in [0.1, 0.15) is 0 Å². The van der Waals surface area contributed by atoms with Gasteiger partial charge in [-0.1, -0.05) is 32.9 Å². The summed E-state index contributed by atoms with van der Waals surface area (Å²) in [6.07, 6.45) is 0.822. The fourth-order valence-electron chi connectivity index (χ4n) is 3.42. The van der Waals surface area contributed by atoms with Crippen molar-refractivity contribution < 1.29 is 24.2 Å². The number of carboxylic acids is 1. The van der Waals surface area contributed by atoms with E-state index in [4.69, 9.17) is 4.74 Å². The molecule has 1 saturated carbocycles. The molecular weight excluding hydrogens is 310 g/mol. The van der Waals surface area contributed by atoms with E-state index in [0.717, 1.165) is 0 Å². The van der Waals surface area contributed by atoms with Crippen molar-refractivity contribution in [3.63, 3.8) is 0 Å². The zero-order valence-electron chi connectivity index (χ0n) is 14.3. The quantitative estimate of drug-likeness (QED) is 0.845. The largest absolute Gasteiger partial charge is 0.550 e. The second kappa shape index (κ2) is 6.26. The number of para-hydroxylation sites is 1. The van der Waals surface area contributed by atoms with Crippen LogP contribution in [0.5, 0.6) is 0 Å². The monoisotopic (exact) mass is 332 g/mol. The summed E-state index contributed by atoms with van der Waals surface area (Å²) in [5.74, 6) is -2.48. The highest BCUT2D eigenvalue weighted by Crippen LogP contribution is 2.55. The van der Waals surface area contributed by atoms with Gasteiger partial charge >= 0.3 is 5.97 Å². The lowest BCUT2D eigenvalue weighted by Crippen LogP contribution is -2.49. The van der Waals surface area contributed by atoms with Crippen LogP contribution in [0.4, 0.5) is 5.69 Å². The van der Waals surface area contributed by atoms with Crippen LogP contribution in [0.1, 0.15) is 44.0 Å². The van der Waals surface area contributed by atoms with Crippen molar-refractivity contribution in [2.75, 3.05) is 12.4 Å². The number of hydrogen-bond donors (Lipinski definition) is 1. The van der Waals surface area contributed by atoms with Crippen molar-refractivity contribution in [3.8, 4) is 0 Å². The Kier molecular flexibility index (Phi) is 4.69. The number of rotatable bonds is 4. The summed E-state index contributed by atoms with van der Waals surface area (Å²) in [5.41, 5.74) is -1.23. The second-order valence-corrected chi connectivity index (χ2v) is 6.96. The number of carboxylic acid groups (broad SMARTS) is 1. The van der Waals surface area contributed by atoms with Crippen molar-refractivity contribution in [2.24, 2.45) is 16.7 Å². The first-order valence-corrected chi connectivity index (χ1v) is 7.85. The Morgan fingerprint density at radius 1 is 1.21 bits per heavy atom. The van der Waals surface area contributed by atoms with Gasteiger partial charge in [0.25, 0.3) is 0 Å². The molecule has 0 aromatic heterocycles. The summed E-state index contributed by atoms with van der Waals surface area (Å²) in [6, 6.07) is 6.55. The molecular formula is C18H22NO5-. The standard InChI is InChI=1S/C18H23NO5/c1-17(2)12(9-10-18(17,3)16(22)23)14(20)19-13-8-6-5-7-11(13)15(21)24-4/h5-8,12H,9-10H2,1-4H3,(H,19,20)(H,22,23)/p-1/t12-,18+/m1/s1. The van der Waals surface area contributed by atoms with Crippen LogP contribution < -0.4 is 10.4 Å². The molecule has 0 heterocycles. The van der Waals surface area contributed by atoms with Crippen molar-refractivity contribution in [3.05, 3.63) is 29.8 Å². The molecule has 0 aliphatic heterocycles. The summed E-state index contributed by atoms with van der Waals surface area (Å²) < 4.78 is 4.71. The third-order valence-electron chi connectivity index (χ3n) is 5.58. The smallest absolute Gasteiger partial charge is 0.339 e. The Bertz CT molecular complexity index is 682. The predicted octanol–water partition coefficient (Wildman–Crippen LogP) is 1.60. The molecule has 0 saturated heterocycles. The number of carbonyl (C=O) groups is 3. The fourth-order valence-corrected chi connectivity index (χ4v) is 3.42. The number of methoxy groups -OCH3 is 1. The maximum atomic E-state index is 12.7. The molecule has 6 heteroatoms. The lowest BCUT2D eigenvalue weighted by Gasteiger charge is -2.41. The van der Waals surface area contributed by atoms with Crippen LogP contribution >= 0.6 is 0 Å². The minimum atomic E-state index is -1.14. The van der Waals surface area contributed by atoms with Crippen LogP contribution in [0.3, 0.4) is 0 Å². The van der Waals surface area contributed by atoms with Crippen LogP contribution in [0, 0.1) is 16.7 Å². The van der Waals surface area contributed by atoms with Crippen LogP contribution in [0.25, 0.3) is 0 Å². The molecule has 2 rings (SSSR count). The molecule has 1 aromatic carbocycles. The second-order valence-electron chi connectivity index (χ2n) is 6.96. The summed E-state index contributed by atoms with van der Waals surface area (Å²) in [4.78, 5) is 36.1. The Hall–Kier alpha value is -2.37.